The summed E-state index contributed by atoms with van der Waals surface area (Å²) in [5.41, 5.74) is 0.945. The van der Waals surface area contributed by atoms with E-state index in [-0.39, 0.29) is 11.6 Å². The summed E-state index contributed by atoms with van der Waals surface area (Å²) >= 11 is 0. The lowest BCUT2D eigenvalue weighted by Crippen LogP contribution is -2.64. The average molecular weight is 481 g/mol. The minimum Gasteiger partial charge on any atom is -0.467 e. The van der Waals surface area contributed by atoms with E-state index in [4.69, 9.17) is 23.4 Å². The first-order valence-electron chi connectivity index (χ1n) is 11.5. The maximum Gasteiger partial charge on any atom is 0.337 e. The molecule has 1 fully saturated rings. The molecule has 1 N–H and O–H groups in total. The molecule has 1 saturated heterocycles. The summed E-state index contributed by atoms with van der Waals surface area (Å²) in [7, 11) is -1.06. The fraction of sp³-hybridized carbons (Fsp3) is 0.640. The highest BCUT2D eigenvalue weighted by molar-refractivity contribution is 6.74. The second-order valence-electron chi connectivity index (χ2n) is 9.84. The maximum absolute atomic E-state index is 12.7. The van der Waals surface area contributed by atoms with E-state index >= 15 is 0 Å². The number of hydrogen-bond donors (Lipinski definition) is 1. The van der Waals surface area contributed by atoms with E-state index in [1.807, 2.05) is 30.3 Å². The molecule has 5 atom stereocenters. The van der Waals surface area contributed by atoms with Gasteiger partial charge in [-0.15, -0.1) is 6.58 Å². The van der Waals surface area contributed by atoms with Crippen molar-refractivity contribution < 1.29 is 33.3 Å². The molecule has 0 unspecified atom stereocenters. The predicted molar refractivity (Wildman–Crippen MR) is 129 cm³/mol. The van der Waals surface area contributed by atoms with Crippen LogP contribution < -0.4 is 0 Å². The lowest BCUT2D eigenvalue weighted by molar-refractivity contribution is -0.300. The zero-order valence-corrected chi connectivity index (χ0v) is 21.8. The normalized spacial score (nSPS) is 26.1. The number of carbonyl (C=O) groups is 1. The van der Waals surface area contributed by atoms with Gasteiger partial charge in [0, 0.05) is 0 Å². The van der Waals surface area contributed by atoms with Crippen LogP contribution in [-0.2, 0) is 34.8 Å². The van der Waals surface area contributed by atoms with E-state index in [0.29, 0.717) is 6.61 Å². The van der Waals surface area contributed by atoms with Crippen molar-refractivity contribution in [3.05, 3.63) is 48.6 Å². The van der Waals surface area contributed by atoms with Crippen molar-refractivity contribution in [2.24, 2.45) is 0 Å². The van der Waals surface area contributed by atoms with E-state index in [2.05, 4.69) is 40.4 Å². The van der Waals surface area contributed by atoms with Crippen LogP contribution in [-0.4, -0.2) is 63.8 Å². The second-order valence-corrected chi connectivity index (χ2v) is 14.6. The molecule has 0 aliphatic carbocycles. The molecule has 2 rings (SSSR count). The van der Waals surface area contributed by atoms with Crippen LogP contribution in [0.5, 0.6) is 0 Å². The summed E-state index contributed by atoms with van der Waals surface area (Å²) in [5.74, 6) is -0.585. The van der Waals surface area contributed by atoms with E-state index in [1.54, 1.807) is 6.08 Å². The molecule has 33 heavy (non-hydrogen) atoms. The number of unbranched alkanes of at least 4 members (excludes halogenated alkanes) is 1. The molecule has 1 aromatic carbocycles. The lowest BCUT2D eigenvalue weighted by atomic mass is 9.98. The number of methoxy groups -OCH3 is 1. The first-order valence-corrected chi connectivity index (χ1v) is 14.4. The second kappa shape index (κ2) is 12.2. The van der Waals surface area contributed by atoms with Gasteiger partial charge in [-0.1, -0.05) is 57.2 Å². The van der Waals surface area contributed by atoms with Gasteiger partial charge in [-0.25, -0.2) is 4.79 Å². The van der Waals surface area contributed by atoms with Crippen molar-refractivity contribution in [1.82, 2.24) is 0 Å². The van der Waals surface area contributed by atoms with Crippen molar-refractivity contribution in [1.29, 1.82) is 0 Å². The van der Waals surface area contributed by atoms with Crippen molar-refractivity contribution in [3.8, 4) is 0 Å². The van der Waals surface area contributed by atoms with E-state index < -0.39 is 45.0 Å². The van der Waals surface area contributed by atoms with Gasteiger partial charge in [-0.3, -0.25) is 0 Å². The average Bonchev–Trinajstić information content (AvgIpc) is 2.76. The number of benzene rings is 1. The van der Waals surface area contributed by atoms with Crippen LogP contribution in [0.15, 0.2) is 43.0 Å². The smallest absolute Gasteiger partial charge is 0.337 e. The number of aliphatic hydroxyl groups is 1. The van der Waals surface area contributed by atoms with Crippen LogP contribution >= 0.6 is 0 Å². The Kier molecular flexibility index (Phi) is 10.3. The molecular weight excluding hydrogens is 440 g/mol. The summed E-state index contributed by atoms with van der Waals surface area (Å²) < 4.78 is 29.6. The lowest BCUT2D eigenvalue weighted by Gasteiger charge is -2.47. The molecule has 1 aliphatic heterocycles. The van der Waals surface area contributed by atoms with Crippen molar-refractivity contribution in [2.75, 3.05) is 13.7 Å². The highest BCUT2D eigenvalue weighted by Gasteiger charge is 2.53. The van der Waals surface area contributed by atoms with E-state index in [9.17, 15) is 9.90 Å². The van der Waals surface area contributed by atoms with Gasteiger partial charge in [0.05, 0.1) is 20.3 Å². The fourth-order valence-corrected chi connectivity index (χ4v) is 4.59. The Bertz CT molecular complexity index is 747. The monoisotopic (exact) mass is 480 g/mol. The van der Waals surface area contributed by atoms with Crippen LogP contribution in [0.3, 0.4) is 0 Å². The summed E-state index contributed by atoms with van der Waals surface area (Å²) in [4.78, 5) is 12.7. The van der Waals surface area contributed by atoms with Gasteiger partial charge in [-0.2, -0.15) is 0 Å². The van der Waals surface area contributed by atoms with Gasteiger partial charge in [0.15, 0.2) is 20.7 Å². The van der Waals surface area contributed by atoms with Crippen molar-refractivity contribution >= 4 is 14.3 Å². The highest BCUT2D eigenvalue weighted by atomic mass is 28.4. The van der Waals surface area contributed by atoms with Crippen LogP contribution in [0, 0.1) is 0 Å². The molecule has 0 bridgehead atoms. The van der Waals surface area contributed by atoms with Crippen LogP contribution in [0.4, 0.5) is 0 Å². The summed E-state index contributed by atoms with van der Waals surface area (Å²) in [6.45, 7) is 14.8. The largest absolute Gasteiger partial charge is 0.467 e. The third-order valence-corrected chi connectivity index (χ3v) is 10.8. The molecule has 0 saturated carbocycles. The number of esters is 1. The zero-order valence-electron chi connectivity index (χ0n) is 20.8. The Hall–Kier alpha value is -1.55. The van der Waals surface area contributed by atoms with Gasteiger partial charge in [0.2, 0.25) is 0 Å². The summed E-state index contributed by atoms with van der Waals surface area (Å²) in [6.07, 6.45) is -1.67. The number of aliphatic hydroxyl groups excluding tert-OH is 1. The van der Waals surface area contributed by atoms with Crippen LogP contribution in [0.25, 0.3) is 0 Å². The minimum absolute atomic E-state index is 0.124. The van der Waals surface area contributed by atoms with Gasteiger partial charge >= 0.3 is 5.97 Å². The van der Waals surface area contributed by atoms with Gasteiger partial charge in [0.1, 0.15) is 18.3 Å². The Morgan fingerprint density at radius 2 is 1.85 bits per heavy atom. The number of rotatable bonds is 11. The molecule has 0 aromatic heterocycles. The molecule has 7 nitrogen and oxygen atoms in total. The molecular formula is C25H40O7Si. The highest BCUT2D eigenvalue weighted by Crippen LogP contribution is 2.40. The Labute approximate surface area is 199 Å². The Morgan fingerprint density at radius 1 is 1.18 bits per heavy atom. The topological polar surface area (TPSA) is 83.5 Å². The van der Waals surface area contributed by atoms with Crippen LogP contribution in [0.2, 0.25) is 18.1 Å². The fourth-order valence-electron chi connectivity index (χ4n) is 3.30. The Morgan fingerprint density at radius 3 is 2.42 bits per heavy atom. The molecule has 0 spiro atoms. The SMILES string of the molecule is C=CCCCO[C@@H]1O[C@@H](C(=O)OC)[C@@H](O[Si](C)(C)C(C)(C)C)[C@H](OCc2ccccc2)[C@@H]1O. The van der Waals surface area contributed by atoms with Gasteiger partial charge < -0.3 is 28.5 Å². The molecule has 186 valence electrons. The molecule has 0 radical (unpaired) electrons. The van der Waals surface area contributed by atoms with Gasteiger partial charge in [0.25, 0.3) is 0 Å². The molecule has 1 aliphatic rings. The number of hydrogen-bond acceptors (Lipinski definition) is 7. The third kappa shape index (κ3) is 7.47. The molecule has 1 aromatic rings. The third-order valence-electron chi connectivity index (χ3n) is 6.31. The predicted octanol–water partition coefficient (Wildman–Crippen LogP) is 4.20. The standard InChI is InChI=1S/C25H40O7Si/c1-8-9-13-16-29-24-19(26)20(30-17-18-14-11-10-12-15-18)21(22(31-24)23(27)28-5)32-33(6,7)25(2,3)4/h8,10-12,14-15,19-22,24,26H,1,9,13,16-17H2,2-7H3/t19-,20+,21-,22+,24+/m0/s1. The molecule has 0 amide bonds. The number of ether oxygens (including phenoxy) is 4. The van der Waals surface area contributed by atoms with E-state index in [0.717, 1.165) is 18.4 Å². The van der Waals surface area contributed by atoms with Crippen LogP contribution in [0.1, 0.15) is 39.2 Å². The summed E-state index contributed by atoms with van der Waals surface area (Å²) in [6, 6.07) is 9.65. The van der Waals surface area contributed by atoms with Crippen molar-refractivity contribution in [3.63, 3.8) is 0 Å². The minimum atomic E-state index is -2.36. The molecule has 8 heteroatoms. The number of allylic oxidation sites excluding steroid dienone is 1. The first-order chi connectivity index (χ1) is 15.5. The Balaban J connectivity index is 2.33. The van der Waals surface area contributed by atoms with Gasteiger partial charge in [-0.05, 0) is 36.5 Å². The molecule has 1 heterocycles. The quantitative estimate of drug-likeness (QED) is 0.220. The maximum atomic E-state index is 12.7. The first kappa shape index (κ1) is 27.7. The van der Waals surface area contributed by atoms with Crippen molar-refractivity contribution in [2.45, 2.75) is 89.1 Å². The van der Waals surface area contributed by atoms with E-state index in [1.165, 1.54) is 7.11 Å². The zero-order chi connectivity index (χ0) is 24.6. The number of carbonyl (C=O) groups excluding carboxylic acids is 1. The summed E-state index contributed by atoms with van der Waals surface area (Å²) in [5, 5.41) is 11.1.